The zero-order chi connectivity index (χ0) is 9.00. The molecule has 0 amide bonds. The molecule has 66 valence electrons. The number of allylic oxidation sites excluding steroid dienone is 5. The predicted octanol–water partition coefficient (Wildman–Crippen LogP) is 1.62. The molecule has 0 spiro atoms. The summed E-state index contributed by atoms with van der Waals surface area (Å²) in [4.78, 5) is 10.9. The fraction of sp³-hybridized carbons (Fsp3) is 0.364. The summed E-state index contributed by atoms with van der Waals surface area (Å²) in [5.74, 6) is 0.769. The quantitative estimate of drug-likeness (QED) is 0.613. The Kier molecular flexibility index (Phi) is 1.17. The van der Waals surface area contributed by atoms with Gasteiger partial charge < -0.3 is 5.11 Å². The molecule has 2 heteroatoms. The number of hydrogen-bond donors (Lipinski definition) is 1. The zero-order valence-electron chi connectivity index (χ0n) is 7.05. The maximum Gasteiger partial charge on any atom is 0.331 e. The van der Waals surface area contributed by atoms with E-state index < -0.39 is 5.97 Å². The van der Waals surface area contributed by atoms with Crippen LogP contribution < -0.4 is 0 Å². The molecule has 0 fully saturated rings. The number of carbonyl (C=O) groups is 1. The highest BCUT2D eigenvalue weighted by Crippen LogP contribution is 2.50. The van der Waals surface area contributed by atoms with Crippen LogP contribution in [0.4, 0.5) is 0 Å². The number of rotatable bonds is 1. The molecule has 0 aromatic rings. The third-order valence-electron chi connectivity index (χ3n) is 3.38. The maximum absolute atomic E-state index is 10.9. The minimum Gasteiger partial charge on any atom is -0.478 e. The van der Waals surface area contributed by atoms with Crippen LogP contribution in [0.1, 0.15) is 0 Å². The Balaban J connectivity index is 2.07. The number of carboxylic acids is 1. The van der Waals surface area contributed by atoms with E-state index in [1.165, 1.54) is 0 Å². The molecule has 13 heavy (non-hydrogen) atoms. The first kappa shape index (κ1) is 7.13. The van der Waals surface area contributed by atoms with Crippen LogP contribution in [0.3, 0.4) is 0 Å². The van der Waals surface area contributed by atoms with Gasteiger partial charge in [0.1, 0.15) is 0 Å². The largest absolute Gasteiger partial charge is 0.478 e. The van der Waals surface area contributed by atoms with E-state index in [9.17, 15) is 4.79 Å². The molecule has 0 aromatic carbocycles. The molecule has 0 aromatic heterocycles. The normalized spacial score (nSPS) is 43.8. The lowest BCUT2D eigenvalue weighted by Gasteiger charge is -2.15. The van der Waals surface area contributed by atoms with Crippen molar-refractivity contribution in [3.05, 3.63) is 36.0 Å². The smallest absolute Gasteiger partial charge is 0.331 e. The first-order valence-electron chi connectivity index (χ1n) is 4.59. The molecule has 3 rings (SSSR count). The van der Waals surface area contributed by atoms with Gasteiger partial charge in [0.2, 0.25) is 0 Å². The Morgan fingerprint density at radius 3 is 2.62 bits per heavy atom. The van der Waals surface area contributed by atoms with Gasteiger partial charge in [-0.1, -0.05) is 30.4 Å². The molecule has 0 heterocycles. The summed E-state index contributed by atoms with van der Waals surface area (Å²) in [6.07, 6.45) is 10.4. The average molecular weight is 174 g/mol. The highest BCUT2D eigenvalue weighted by molar-refractivity contribution is 5.89. The van der Waals surface area contributed by atoms with Gasteiger partial charge in [-0.2, -0.15) is 0 Å². The van der Waals surface area contributed by atoms with Crippen LogP contribution in [0.5, 0.6) is 0 Å². The Hall–Kier alpha value is -1.31. The van der Waals surface area contributed by atoms with Gasteiger partial charge in [0.05, 0.1) is 0 Å². The zero-order valence-corrected chi connectivity index (χ0v) is 7.05. The van der Waals surface area contributed by atoms with Gasteiger partial charge in [-0.25, -0.2) is 4.79 Å². The van der Waals surface area contributed by atoms with E-state index >= 15 is 0 Å². The second-order valence-corrected chi connectivity index (χ2v) is 3.95. The summed E-state index contributed by atoms with van der Waals surface area (Å²) < 4.78 is 0. The maximum atomic E-state index is 10.9. The molecule has 0 saturated heterocycles. The fourth-order valence-electron chi connectivity index (χ4n) is 2.83. The Labute approximate surface area is 76.3 Å². The van der Waals surface area contributed by atoms with Crippen molar-refractivity contribution >= 4 is 5.97 Å². The van der Waals surface area contributed by atoms with Gasteiger partial charge in [-0.15, -0.1) is 0 Å². The lowest BCUT2D eigenvalue weighted by Crippen LogP contribution is -2.15. The van der Waals surface area contributed by atoms with Crippen molar-refractivity contribution in [2.75, 3.05) is 0 Å². The molecule has 0 saturated carbocycles. The lowest BCUT2D eigenvalue weighted by atomic mass is 9.87. The average Bonchev–Trinajstić information content (AvgIpc) is 2.72. The van der Waals surface area contributed by atoms with Crippen molar-refractivity contribution in [1.29, 1.82) is 0 Å². The Morgan fingerprint density at radius 2 is 1.85 bits per heavy atom. The van der Waals surface area contributed by atoms with Gasteiger partial charge in [0.15, 0.2) is 0 Å². The van der Waals surface area contributed by atoms with Gasteiger partial charge in [0.25, 0.3) is 0 Å². The number of hydrogen-bond acceptors (Lipinski definition) is 1. The van der Waals surface area contributed by atoms with Gasteiger partial charge in [0, 0.05) is 17.4 Å². The summed E-state index contributed by atoms with van der Waals surface area (Å²) in [7, 11) is 0. The molecule has 0 unspecified atom stereocenters. The van der Waals surface area contributed by atoms with Crippen molar-refractivity contribution in [2.24, 2.45) is 23.7 Å². The summed E-state index contributed by atoms with van der Waals surface area (Å²) >= 11 is 0. The highest BCUT2D eigenvalue weighted by atomic mass is 16.4. The van der Waals surface area contributed by atoms with Crippen LogP contribution in [-0.2, 0) is 4.79 Å². The highest BCUT2D eigenvalue weighted by Gasteiger charge is 2.45. The minimum absolute atomic E-state index is 0.169. The fourth-order valence-corrected chi connectivity index (χ4v) is 2.83. The van der Waals surface area contributed by atoms with Crippen LogP contribution in [0.2, 0.25) is 0 Å². The third-order valence-corrected chi connectivity index (χ3v) is 3.38. The topological polar surface area (TPSA) is 37.3 Å². The second-order valence-electron chi connectivity index (χ2n) is 3.95. The van der Waals surface area contributed by atoms with E-state index in [0.29, 0.717) is 23.3 Å². The minimum atomic E-state index is -0.752. The SMILES string of the molecule is O=C(O)C1=C[C@@H]2C=C[C@H]3C=C[C@H]1[C@@H]32. The Morgan fingerprint density at radius 1 is 1.15 bits per heavy atom. The van der Waals surface area contributed by atoms with Gasteiger partial charge in [-0.05, 0) is 11.8 Å². The monoisotopic (exact) mass is 174 g/mol. The molecule has 3 aliphatic carbocycles. The van der Waals surface area contributed by atoms with Crippen molar-refractivity contribution in [3.63, 3.8) is 0 Å². The van der Waals surface area contributed by atoms with Crippen LogP contribution >= 0.6 is 0 Å². The van der Waals surface area contributed by atoms with Gasteiger partial charge >= 0.3 is 5.97 Å². The third kappa shape index (κ3) is 0.755. The first-order valence-corrected chi connectivity index (χ1v) is 4.59. The van der Waals surface area contributed by atoms with E-state index in [4.69, 9.17) is 5.11 Å². The standard InChI is InChI=1S/C11H10O2/c12-11(13)9-5-7-2-1-6-3-4-8(9)10(6)7/h1-8,10H,(H,12,13)/t6-,7-,8+,10-/m0/s1. The molecule has 4 atom stereocenters. The Bertz CT molecular complexity index is 362. The van der Waals surface area contributed by atoms with E-state index in [1.807, 2.05) is 6.08 Å². The second kappa shape index (κ2) is 2.13. The molecular weight excluding hydrogens is 164 g/mol. The van der Waals surface area contributed by atoms with Crippen molar-refractivity contribution in [1.82, 2.24) is 0 Å². The number of carboxylic acid groups (broad SMARTS) is 1. The van der Waals surface area contributed by atoms with Crippen LogP contribution in [0.25, 0.3) is 0 Å². The molecule has 0 aliphatic heterocycles. The molecule has 0 bridgehead atoms. The van der Waals surface area contributed by atoms with Crippen LogP contribution in [-0.4, -0.2) is 11.1 Å². The van der Waals surface area contributed by atoms with Gasteiger partial charge in [-0.3, -0.25) is 0 Å². The molecule has 2 nitrogen and oxygen atoms in total. The molecule has 3 aliphatic rings. The molecule has 0 radical (unpaired) electrons. The molecule has 1 N–H and O–H groups in total. The van der Waals surface area contributed by atoms with Crippen molar-refractivity contribution in [2.45, 2.75) is 0 Å². The van der Waals surface area contributed by atoms with E-state index in [2.05, 4.69) is 24.3 Å². The summed E-state index contributed by atoms with van der Waals surface area (Å²) in [6, 6.07) is 0. The predicted molar refractivity (Wildman–Crippen MR) is 48.0 cm³/mol. The van der Waals surface area contributed by atoms with Crippen molar-refractivity contribution < 1.29 is 9.90 Å². The number of aliphatic carboxylic acids is 1. The summed E-state index contributed by atoms with van der Waals surface area (Å²) in [5.41, 5.74) is 0.595. The van der Waals surface area contributed by atoms with E-state index in [0.717, 1.165) is 0 Å². The van der Waals surface area contributed by atoms with Crippen molar-refractivity contribution in [3.8, 4) is 0 Å². The summed E-state index contributed by atoms with van der Waals surface area (Å²) in [5, 5.41) is 8.96. The lowest BCUT2D eigenvalue weighted by molar-refractivity contribution is -0.133. The van der Waals surface area contributed by atoms with Crippen LogP contribution in [0, 0.1) is 23.7 Å². The van der Waals surface area contributed by atoms with E-state index in [-0.39, 0.29) is 5.92 Å². The summed E-state index contributed by atoms with van der Waals surface area (Å²) in [6.45, 7) is 0. The molecular formula is C11H10O2. The van der Waals surface area contributed by atoms with Crippen LogP contribution in [0.15, 0.2) is 36.0 Å². The van der Waals surface area contributed by atoms with E-state index in [1.54, 1.807) is 0 Å². The first-order chi connectivity index (χ1) is 6.27.